The Morgan fingerprint density at radius 1 is 1.13 bits per heavy atom. The number of rotatable bonds is 2. The Labute approximate surface area is 93.1 Å². The first-order valence-electron chi connectivity index (χ1n) is 5.65. The molecule has 1 rings (SSSR count). The number of phenolic OH excluding ortho intramolecular Hbond substituents is 1. The van der Waals surface area contributed by atoms with Gasteiger partial charge in [0.25, 0.3) is 0 Å². The summed E-state index contributed by atoms with van der Waals surface area (Å²) >= 11 is 0. The SMILES string of the molecule is CCc1cc(C)cc(CC(C)(C)C)c1O. The molecular formula is C14H22O. The highest BCUT2D eigenvalue weighted by atomic mass is 16.3. The second-order valence-corrected chi connectivity index (χ2v) is 5.52. The summed E-state index contributed by atoms with van der Waals surface area (Å²) in [5.74, 6) is 0.498. The molecule has 84 valence electrons. The molecule has 0 bridgehead atoms. The van der Waals surface area contributed by atoms with Crippen LogP contribution in [0.5, 0.6) is 5.75 Å². The van der Waals surface area contributed by atoms with Crippen LogP contribution in [0, 0.1) is 12.3 Å². The Morgan fingerprint density at radius 2 is 1.67 bits per heavy atom. The van der Waals surface area contributed by atoms with Gasteiger partial charge in [-0.15, -0.1) is 0 Å². The molecule has 0 aliphatic rings. The number of aryl methyl sites for hydroxylation is 2. The van der Waals surface area contributed by atoms with Crippen LogP contribution in [0.1, 0.15) is 44.4 Å². The molecule has 0 atom stereocenters. The lowest BCUT2D eigenvalue weighted by atomic mass is 9.86. The molecule has 0 saturated heterocycles. The van der Waals surface area contributed by atoms with Gasteiger partial charge in [0, 0.05) is 0 Å². The topological polar surface area (TPSA) is 20.2 Å². The third-order valence-corrected chi connectivity index (χ3v) is 2.51. The molecule has 1 heteroatoms. The van der Waals surface area contributed by atoms with Crippen LogP contribution in [0.4, 0.5) is 0 Å². The van der Waals surface area contributed by atoms with Crippen molar-refractivity contribution in [2.75, 3.05) is 0 Å². The predicted molar refractivity (Wildman–Crippen MR) is 65.4 cm³/mol. The molecule has 0 aromatic heterocycles. The van der Waals surface area contributed by atoms with Crippen molar-refractivity contribution >= 4 is 0 Å². The van der Waals surface area contributed by atoms with Crippen molar-refractivity contribution in [2.24, 2.45) is 5.41 Å². The summed E-state index contributed by atoms with van der Waals surface area (Å²) in [6, 6.07) is 4.17. The van der Waals surface area contributed by atoms with Gasteiger partial charge in [-0.3, -0.25) is 0 Å². The van der Waals surface area contributed by atoms with Crippen LogP contribution in [0.15, 0.2) is 12.1 Å². The van der Waals surface area contributed by atoms with E-state index in [9.17, 15) is 5.11 Å². The van der Waals surface area contributed by atoms with Gasteiger partial charge in [-0.05, 0) is 36.3 Å². The largest absolute Gasteiger partial charge is 0.507 e. The number of phenols is 1. The summed E-state index contributed by atoms with van der Waals surface area (Å²) < 4.78 is 0. The Kier molecular flexibility index (Phi) is 3.43. The van der Waals surface area contributed by atoms with E-state index in [0.717, 1.165) is 24.0 Å². The highest BCUT2D eigenvalue weighted by Gasteiger charge is 2.15. The molecule has 0 aliphatic heterocycles. The third kappa shape index (κ3) is 3.26. The monoisotopic (exact) mass is 206 g/mol. The Balaban J connectivity index is 3.12. The minimum atomic E-state index is 0.219. The van der Waals surface area contributed by atoms with E-state index < -0.39 is 0 Å². The minimum Gasteiger partial charge on any atom is -0.507 e. The van der Waals surface area contributed by atoms with E-state index in [-0.39, 0.29) is 5.41 Å². The first-order valence-corrected chi connectivity index (χ1v) is 5.65. The van der Waals surface area contributed by atoms with Gasteiger partial charge >= 0.3 is 0 Å². The lowest BCUT2D eigenvalue weighted by molar-refractivity contribution is 0.393. The lowest BCUT2D eigenvalue weighted by Crippen LogP contribution is -2.10. The number of hydrogen-bond donors (Lipinski definition) is 1. The number of hydrogen-bond acceptors (Lipinski definition) is 1. The third-order valence-electron chi connectivity index (χ3n) is 2.51. The molecule has 1 nitrogen and oxygen atoms in total. The van der Waals surface area contributed by atoms with Crippen LogP contribution in [0.3, 0.4) is 0 Å². The second kappa shape index (κ2) is 4.26. The van der Waals surface area contributed by atoms with Gasteiger partial charge in [-0.2, -0.15) is 0 Å². The fraction of sp³-hybridized carbons (Fsp3) is 0.571. The normalized spacial score (nSPS) is 11.8. The second-order valence-electron chi connectivity index (χ2n) is 5.52. The number of benzene rings is 1. The summed E-state index contributed by atoms with van der Waals surface area (Å²) in [7, 11) is 0. The molecule has 0 saturated carbocycles. The van der Waals surface area contributed by atoms with Gasteiger partial charge in [-0.1, -0.05) is 45.4 Å². The summed E-state index contributed by atoms with van der Waals surface area (Å²) in [6.07, 6.45) is 1.82. The van der Waals surface area contributed by atoms with Crippen LogP contribution in [-0.4, -0.2) is 5.11 Å². The van der Waals surface area contributed by atoms with E-state index in [2.05, 4.69) is 46.8 Å². The van der Waals surface area contributed by atoms with Gasteiger partial charge in [0.1, 0.15) is 5.75 Å². The Morgan fingerprint density at radius 3 is 2.13 bits per heavy atom. The highest BCUT2D eigenvalue weighted by Crippen LogP contribution is 2.30. The summed E-state index contributed by atoms with van der Waals surface area (Å²) in [5, 5.41) is 10.1. The van der Waals surface area contributed by atoms with Gasteiger partial charge in [0.2, 0.25) is 0 Å². The van der Waals surface area contributed by atoms with Crippen LogP contribution in [-0.2, 0) is 12.8 Å². The zero-order chi connectivity index (χ0) is 11.6. The van der Waals surface area contributed by atoms with Crippen molar-refractivity contribution in [3.05, 3.63) is 28.8 Å². The maximum Gasteiger partial charge on any atom is 0.121 e. The fourth-order valence-corrected chi connectivity index (χ4v) is 1.91. The summed E-state index contributed by atoms with van der Waals surface area (Å²) in [4.78, 5) is 0. The van der Waals surface area contributed by atoms with Gasteiger partial charge in [-0.25, -0.2) is 0 Å². The Hall–Kier alpha value is -0.980. The van der Waals surface area contributed by atoms with Crippen molar-refractivity contribution in [2.45, 2.75) is 47.5 Å². The van der Waals surface area contributed by atoms with Gasteiger partial charge in [0.15, 0.2) is 0 Å². The number of aromatic hydroxyl groups is 1. The molecule has 0 aliphatic carbocycles. The summed E-state index contributed by atoms with van der Waals surface area (Å²) in [5.41, 5.74) is 3.61. The maximum absolute atomic E-state index is 10.1. The van der Waals surface area contributed by atoms with Crippen molar-refractivity contribution < 1.29 is 5.11 Å². The first kappa shape index (κ1) is 12.1. The van der Waals surface area contributed by atoms with E-state index in [1.807, 2.05) is 0 Å². The molecule has 1 aromatic rings. The minimum absolute atomic E-state index is 0.219. The lowest BCUT2D eigenvalue weighted by Gasteiger charge is -2.20. The van der Waals surface area contributed by atoms with Gasteiger partial charge in [0.05, 0.1) is 0 Å². The standard InChI is InChI=1S/C14H22O/c1-6-11-7-10(2)8-12(13(11)15)9-14(3,4)5/h7-8,15H,6,9H2,1-5H3. The molecule has 1 N–H and O–H groups in total. The molecular weight excluding hydrogens is 184 g/mol. The zero-order valence-corrected chi connectivity index (χ0v) is 10.5. The van der Waals surface area contributed by atoms with Crippen LogP contribution in [0.2, 0.25) is 0 Å². The van der Waals surface area contributed by atoms with Crippen LogP contribution in [0.25, 0.3) is 0 Å². The molecule has 0 radical (unpaired) electrons. The molecule has 0 amide bonds. The van der Waals surface area contributed by atoms with E-state index in [0.29, 0.717) is 5.75 Å². The van der Waals surface area contributed by atoms with Crippen LogP contribution >= 0.6 is 0 Å². The molecule has 1 aromatic carbocycles. The molecule has 0 unspecified atom stereocenters. The van der Waals surface area contributed by atoms with Crippen LogP contribution < -0.4 is 0 Å². The Bertz CT molecular complexity index is 345. The average molecular weight is 206 g/mol. The van der Waals surface area contributed by atoms with E-state index in [1.165, 1.54) is 5.56 Å². The van der Waals surface area contributed by atoms with E-state index >= 15 is 0 Å². The van der Waals surface area contributed by atoms with Crippen molar-refractivity contribution in [1.82, 2.24) is 0 Å². The smallest absolute Gasteiger partial charge is 0.121 e. The maximum atomic E-state index is 10.1. The first-order chi connectivity index (χ1) is 6.83. The molecule has 0 spiro atoms. The van der Waals surface area contributed by atoms with Crippen molar-refractivity contribution in [3.8, 4) is 5.75 Å². The molecule has 15 heavy (non-hydrogen) atoms. The molecule has 0 fully saturated rings. The van der Waals surface area contributed by atoms with E-state index in [4.69, 9.17) is 0 Å². The van der Waals surface area contributed by atoms with Crippen molar-refractivity contribution in [1.29, 1.82) is 0 Å². The molecule has 0 heterocycles. The highest BCUT2D eigenvalue weighted by molar-refractivity contribution is 5.43. The fourth-order valence-electron chi connectivity index (χ4n) is 1.91. The van der Waals surface area contributed by atoms with Gasteiger partial charge < -0.3 is 5.11 Å². The van der Waals surface area contributed by atoms with Crippen molar-refractivity contribution in [3.63, 3.8) is 0 Å². The quantitative estimate of drug-likeness (QED) is 0.779. The average Bonchev–Trinajstić information content (AvgIpc) is 2.08. The zero-order valence-electron chi connectivity index (χ0n) is 10.5. The summed E-state index contributed by atoms with van der Waals surface area (Å²) in [6.45, 7) is 10.8. The predicted octanol–water partition coefficient (Wildman–Crippen LogP) is 3.85. The van der Waals surface area contributed by atoms with E-state index in [1.54, 1.807) is 0 Å².